The van der Waals surface area contributed by atoms with Crippen molar-refractivity contribution in [3.8, 4) is 0 Å². The largest absolute Gasteiger partial charge is 0.278 e. The van der Waals surface area contributed by atoms with Crippen LogP contribution in [-0.4, -0.2) is 6.21 Å². The summed E-state index contributed by atoms with van der Waals surface area (Å²) in [6, 6.07) is 23.1. The van der Waals surface area contributed by atoms with Crippen molar-refractivity contribution in [3.63, 3.8) is 0 Å². The van der Waals surface area contributed by atoms with E-state index in [-0.39, 0.29) is 0 Å². The number of allylic oxidation sites excluding steroid dienone is 4. The number of fused-ring (bicyclic) bond motifs is 1. The van der Waals surface area contributed by atoms with Gasteiger partial charge in [-0.2, -0.15) is 5.10 Å². The van der Waals surface area contributed by atoms with Gasteiger partial charge in [0.05, 0.1) is 11.9 Å². The van der Waals surface area contributed by atoms with Crippen molar-refractivity contribution in [3.05, 3.63) is 95.1 Å². The molecule has 128 valence electrons. The molecule has 1 N–H and O–H groups in total. The van der Waals surface area contributed by atoms with Gasteiger partial charge in [0.15, 0.2) is 0 Å². The molecule has 4 rings (SSSR count). The topological polar surface area (TPSA) is 24.4 Å². The normalized spacial score (nSPS) is 14.3. The maximum absolute atomic E-state index is 4.48. The average Bonchev–Trinajstić information content (AvgIpc) is 3.00. The molecule has 2 nitrogen and oxygen atoms in total. The highest BCUT2D eigenvalue weighted by Crippen LogP contribution is 2.34. The molecule has 1 aliphatic rings. The predicted octanol–water partition coefficient (Wildman–Crippen LogP) is 6.41. The van der Waals surface area contributed by atoms with Gasteiger partial charge in [0.2, 0.25) is 0 Å². The minimum atomic E-state index is 0.992. The first-order valence-corrected chi connectivity index (χ1v) is 8.95. The first-order chi connectivity index (χ1) is 12.7. The molecule has 0 amide bonds. The summed E-state index contributed by atoms with van der Waals surface area (Å²) in [7, 11) is 0. The molecule has 26 heavy (non-hydrogen) atoms. The standard InChI is InChI=1S/C24H22N2/c1-17-13-18(2)24(14-17)23-10-6-5-9-21(23)16-25-26-22-12-11-19-7-3-4-8-20(19)15-22/h3-13,15-16,26H,14H2,1-2H3. The van der Waals surface area contributed by atoms with Crippen LogP contribution in [0.2, 0.25) is 0 Å². The van der Waals surface area contributed by atoms with Crippen molar-refractivity contribution in [2.75, 3.05) is 5.43 Å². The molecule has 0 spiro atoms. The third kappa shape index (κ3) is 3.31. The summed E-state index contributed by atoms with van der Waals surface area (Å²) in [5, 5.41) is 6.92. The summed E-state index contributed by atoms with van der Waals surface area (Å²) in [6.07, 6.45) is 5.21. The molecule has 0 heterocycles. The molecule has 0 aromatic heterocycles. The second-order valence-electron chi connectivity index (χ2n) is 6.85. The number of hydrazone groups is 1. The molecule has 3 aromatic carbocycles. The Morgan fingerprint density at radius 2 is 1.65 bits per heavy atom. The first kappa shape index (κ1) is 16.3. The highest BCUT2D eigenvalue weighted by atomic mass is 15.3. The van der Waals surface area contributed by atoms with Gasteiger partial charge in [-0.25, -0.2) is 0 Å². The lowest BCUT2D eigenvalue weighted by Gasteiger charge is -2.09. The van der Waals surface area contributed by atoms with Crippen molar-refractivity contribution in [1.29, 1.82) is 0 Å². The third-order valence-corrected chi connectivity index (χ3v) is 4.83. The number of nitrogens with one attached hydrogen (secondary N) is 1. The number of hydrogen-bond acceptors (Lipinski definition) is 2. The van der Waals surface area contributed by atoms with Crippen molar-refractivity contribution in [1.82, 2.24) is 0 Å². The lowest BCUT2D eigenvalue weighted by Crippen LogP contribution is -1.95. The summed E-state index contributed by atoms with van der Waals surface area (Å²) in [4.78, 5) is 0. The molecule has 0 atom stereocenters. The van der Waals surface area contributed by atoms with Crippen LogP contribution in [0.15, 0.2) is 89.1 Å². The van der Waals surface area contributed by atoms with Crippen molar-refractivity contribution >= 4 is 28.2 Å². The first-order valence-electron chi connectivity index (χ1n) is 8.95. The Morgan fingerprint density at radius 3 is 2.46 bits per heavy atom. The van der Waals surface area contributed by atoms with E-state index in [0.717, 1.165) is 17.7 Å². The van der Waals surface area contributed by atoms with E-state index in [1.165, 1.54) is 33.1 Å². The fourth-order valence-corrected chi connectivity index (χ4v) is 3.55. The van der Waals surface area contributed by atoms with Crippen LogP contribution in [-0.2, 0) is 0 Å². The lowest BCUT2D eigenvalue weighted by molar-refractivity contribution is 1.26. The van der Waals surface area contributed by atoms with Crippen molar-refractivity contribution in [2.24, 2.45) is 5.10 Å². The highest BCUT2D eigenvalue weighted by molar-refractivity contribution is 5.91. The molecule has 0 fully saturated rings. The molecule has 2 heteroatoms. The van der Waals surface area contributed by atoms with E-state index in [0.29, 0.717) is 0 Å². The predicted molar refractivity (Wildman–Crippen MR) is 113 cm³/mol. The Kier molecular flexibility index (Phi) is 4.40. The maximum Gasteiger partial charge on any atom is 0.0568 e. The van der Waals surface area contributed by atoms with Gasteiger partial charge in [0.1, 0.15) is 0 Å². The molecule has 3 aromatic rings. The van der Waals surface area contributed by atoms with Gasteiger partial charge in [-0.15, -0.1) is 0 Å². The Labute approximate surface area is 154 Å². The molecule has 0 radical (unpaired) electrons. The highest BCUT2D eigenvalue weighted by Gasteiger charge is 2.14. The van der Waals surface area contributed by atoms with E-state index in [4.69, 9.17) is 0 Å². The molecule has 0 unspecified atom stereocenters. The second kappa shape index (κ2) is 7.01. The molecule has 0 aliphatic heterocycles. The Bertz CT molecular complexity index is 1050. The lowest BCUT2D eigenvalue weighted by atomic mass is 9.96. The molecule has 0 saturated heterocycles. The zero-order valence-corrected chi connectivity index (χ0v) is 15.2. The smallest absolute Gasteiger partial charge is 0.0568 e. The summed E-state index contributed by atoms with van der Waals surface area (Å²) in [6.45, 7) is 4.38. The third-order valence-electron chi connectivity index (χ3n) is 4.83. The fourth-order valence-electron chi connectivity index (χ4n) is 3.55. The maximum atomic E-state index is 4.48. The van der Waals surface area contributed by atoms with E-state index in [1.807, 2.05) is 6.21 Å². The second-order valence-corrected chi connectivity index (χ2v) is 6.85. The van der Waals surface area contributed by atoms with Gasteiger partial charge in [-0.3, -0.25) is 5.43 Å². The minimum Gasteiger partial charge on any atom is -0.278 e. The van der Waals surface area contributed by atoms with E-state index < -0.39 is 0 Å². The van der Waals surface area contributed by atoms with Gasteiger partial charge in [0, 0.05) is 5.56 Å². The van der Waals surface area contributed by atoms with Crippen LogP contribution in [0.4, 0.5) is 5.69 Å². The summed E-state index contributed by atoms with van der Waals surface area (Å²) in [5.74, 6) is 0. The van der Waals surface area contributed by atoms with Crippen LogP contribution in [0.5, 0.6) is 0 Å². The number of hydrogen-bond donors (Lipinski definition) is 1. The van der Waals surface area contributed by atoms with E-state index >= 15 is 0 Å². The van der Waals surface area contributed by atoms with Gasteiger partial charge >= 0.3 is 0 Å². The molecule has 1 aliphatic carbocycles. The quantitative estimate of drug-likeness (QED) is 0.431. The molecule has 0 saturated carbocycles. The van der Waals surface area contributed by atoms with Crippen LogP contribution in [0.3, 0.4) is 0 Å². The fraction of sp³-hybridized carbons (Fsp3) is 0.125. The Hall–Kier alpha value is -3.13. The van der Waals surface area contributed by atoms with Gasteiger partial charge in [-0.05, 0) is 59.9 Å². The van der Waals surface area contributed by atoms with Crippen LogP contribution >= 0.6 is 0 Å². The van der Waals surface area contributed by atoms with Gasteiger partial charge in [-0.1, -0.05) is 66.2 Å². The van der Waals surface area contributed by atoms with Crippen molar-refractivity contribution < 1.29 is 0 Å². The summed E-state index contributed by atoms with van der Waals surface area (Å²) < 4.78 is 0. The molecular formula is C24H22N2. The monoisotopic (exact) mass is 338 g/mol. The van der Waals surface area contributed by atoms with E-state index in [2.05, 4.69) is 97.2 Å². The summed E-state index contributed by atoms with van der Waals surface area (Å²) in [5.41, 5.74) is 10.7. The van der Waals surface area contributed by atoms with Crippen molar-refractivity contribution in [2.45, 2.75) is 20.3 Å². The van der Waals surface area contributed by atoms with E-state index in [9.17, 15) is 0 Å². The van der Waals surface area contributed by atoms with Gasteiger partial charge < -0.3 is 0 Å². The SMILES string of the molecule is CC1=CC(C)=C(c2ccccc2C=NNc2ccc3ccccc3c2)C1. The average molecular weight is 338 g/mol. The Morgan fingerprint density at radius 1 is 0.885 bits per heavy atom. The van der Waals surface area contributed by atoms with Crippen LogP contribution in [0.25, 0.3) is 16.3 Å². The number of anilines is 1. The minimum absolute atomic E-state index is 0.992. The number of benzene rings is 3. The van der Waals surface area contributed by atoms with Crippen LogP contribution in [0, 0.1) is 0 Å². The number of rotatable bonds is 4. The summed E-state index contributed by atoms with van der Waals surface area (Å²) >= 11 is 0. The van der Waals surface area contributed by atoms with Crippen LogP contribution in [0.1, 0.15) is 31.4 Å². The zero-order chi connectivity index (χ0) is 17.9. The molecular weight excluding hydrogens is 316 g/mol. The zero-order valence-electron chi connectivity index (χ0n) is 15.2. The number of nitrogens with zero attached hydrogens (tertiary/aromatic N) is 1. The molecule has 0 bridgehead atoms. The van der Waals surface area contributed by atoms with Gasteiger partial charge in [0.25, 0.3) is 0 Å². The van der Waals surface area contributed by atoms with Crippen LogP contribution < -0.4 is 5.43 Å². The Balaban J connectivity index is 1.56. The van der Waals surface area contributed by atoms with E-state index in [1.54, 1.807) is 0 Å².